The number of hydrogen-bond donors (Lipinski definition) is 0. The van der Waals surface area contributed by atoms with Gasteiger partial charge in [-0.15, -0.1) is 0 Å². The first-order valence-corrected chi connectivity index (χ1v) is 3.89. The van der Waals surface area contributed by atoms with Crippen LogP contribution in [0.4, 0.5) is 0 Å². The molecule has 0 aromatic rings. The van der Waals surface area contributed by atoms with Crippen molar-refractivity contribution in [2.45, 2.75) is 25.7 Å². The van der Waals surface area contributed by atoms with Crippen molar-refractivity contribution in [3.8, 4) is 0 Å². The van der Waals surface area contributed by atoms with Gasteiger partial charge >= 0.3 is 0 Å². The van der Waals surface area contributed by atoms with Crippen molar-refractivity contribution in [1.29, 1.82) is 0 Å². The zero-order chi connectivity index (χ0) is 7.07. The van der Waals surface area contributed by atoms with Gasteiger partial charge in [-0.25, -0.2) is 0 Å². The highest BCUT2D eigenvalue weighted by Crippen LogP contribution is 2.02. The van der Waals surface area contributed by atoms with E-state index in [4.69, 9.17) is 0 Å². The minimum absolute atomic E-state index is 1.20. The summed E-state index contributed by atoms with van der Waals surface area (Å²) in [7, 11) is 0. The third-order valence-corrected chi connectivity index (χ3v) is 1.53. The van der Waals surface area contributed by atoms with E-state index in [-0.39, 0.29) is 0 Å². The molecule has 1 radical (unpaired) electrons. The number of hydrogen-bond acceptors (Lipinski definition) is 0. The Kier molecular flexibility index (Phi) is 3.69. The third-order valence-electron chi connectivity index (χ3n) is 1.53. The molecule has 0 saturated carbocycles. The second-order valence-electron chi connectivity index (χ2n) is 2.45. The Labute approximate surface area is 62.9 Å². The van der Waals surface area contributed by atoms with Gasteiger partial charge in [0.1, 0.15) is 0 Å². The molecule has 0 unspecified atom stereocenters. The number of rotatable bonds is 0. The van der Waals surface area contributed by atoms with Gasteiger partial charge in [-0.3, -0.25) is 0 Å². The molecule has 0 atom stereocenters. The molecule has 0 aromatic carbocycles. The fraction of sp³-hybridized carbons (Fsp3) is 0.400. The summed E-state index contributed by atoms with van der Waals surface area (Å²) in [5.41, 5.74) is 0. The van der Waals surface area contributed by atoms with E-state index in [9.17, 15) is 0 Å². The SMILES string of the molecule is [C]1=C\C=C\CCCC/C=C/1. The summed E-state index contributed by atoms with van der Waals surface area (Å²) in [5, 5.41) is 0. The zero-order valence-corrected chi connectivity index (χ0v) is 6.22. The van der Waals surface area contributed by atoms with Gasteiger partial charge in [-0.2, -0.15) is 0 Å². The minimum Gasteiger partial charge on any atom is -0.0845 e. The largest absolute Gasteiger partial charge is 0.0845 e. The fourth-order valence-corrected chi connectivity index (χ4v) is 0.951. The summed E-state index contributed by atoms with van der Waals surface area (Å²) in [5.74, 6) is 0. The highest BCUT2D eigenvalue weighted by molar-refractivity contribution is 5.06. The molecule has 0 heteroatoms. The van der Waals surface area contributed by atoms with Gasteiger partial charge in [0, 0.05) is 0 Å². The first-order chi connectivity index (χ1) is 5.00. The molecule has 0 amide bonds. The average Bonchev–Trinajstić information content (AvgIpc) is 2.01. The molecule has 0 heterocycles. The quantitative estimate of drug-likeness (QED) is 0.476. The van der Waals surface area contributed by atoms with Crippen LogP contribution in [0.25, 0.3) is 0 Å². The van der Waals surface area contributed by atoms with Gasteiger partial charge in [0.15, 0.2) is 0 Å². The van der Waals surface area contributed by atoms with E-state index in [0.29, 0.717) is 0 Å². The standard InChI is InChI=1S/C10H13/c1-2-4-6-8-10-9-7-5-3-1/h1-3,7,9H,4,6,8,10H2/b2-1+,5-3?,9-7+. The van der Waals surface area contributed by atoms with Crippen molar-refractivity contribution >= 4 is 0 Å². The van der Waals surface area contributed by atoms with Gasteiger partial charge in [-0.1, -0.05) is 30.4 Å². The Morgan fingerprint density at radius 1 is 1.00 bits per heavy atom. The molecular formula is C10H13. The molecule has 0 fully saturated rings. The van der Waals surface area contributed by atoms with Crippen molar-refractivity contribution in [1.82, 2.24) is 0 Å². The molecule has 0 N–H and O–H groups in total. The van der Waals surface area contributed by atoms with Crippen molar-refractivity contribution in [3.63, 3.8) is 0 Å². The first-order valence-electron chi connectivity index (χ1n) is 3.89. The topological polar surface area (TPSA) is 0 Å². The molecule has 1 aliphatic rings. The van der Waals surface area contributed by atoms with Gasteiger partial charge in [0.25, 0.3) is 0 Å². The molecule has 0 nitrogen and oxygen atoms in total. The highest BCUT2D eigenvalue weighted by atomic mass is 13.9. The molecule has 0 bridgehead atoms. The lowest BCUT2D eigenvalue weighted by Crippen LogP contribution is -1.73. The first kappa shape index (κ1) is 7.33. The molecule has 0 aliphatic heterocycles. The molecule has 0 spiro atoms. The van der Waals surface area contributed by atoms with Crippen molar-refractivity contribution in [2.24, 2.45) is 0 Å². The minimum atomic E-state index is 1.20. The summed E-state index contributed by atoms with van der Waals surface area (Å²) in [6, 6.07) is 0. The van der Waals surface area contributed by atoms with E-state index < -0.39 is 0 Å². The van der Waals surface area contributed by atoms with Crippen LogP contribution >= 0.6 is 0 Å². The van der Waals surface area contributed by atoms with Crippen LogP contribution in [0.2, 0.25) is 0 Å². The van der Waals surface area contributed by atoms with Crippen molar-refractivity contribution in [3.05, 3.63) is 36.5 Å². The van der Waals surface area contributed by atoms with Crippen LogP contribution in [0.1, 0.15) is 25.7 Å². The molecule has 10 heavy (non-hydrogen) atoms. The highest BCUT2D eigenvalue weighted by Gasteiger charge is 1.83. The average molecular weight is 133 g/mol. The predicted octanol–water partition coefficient (Wildman–Crippen LogP) is 3.03. The van der Waals surface area contributed by atoms with Crippen LogP contribution in [0, 0.1) is 6.08 Å². The van der Waals surface area contributed by atoms with E-state index in [1.807, 2.05) is 12.2 Å². The lowest BCUT2D eigenvalue weighted by Gasteiger charge is -1.92. The maximum Gasteiger partial charge on any atom is -0.0187 e. The fourth-order valence-electron chi connectivity index (χ4n) is 0.951. The lowest BCUT2D eigenvalue weighted by atomic mass is 10.1. The van der Waals surface area contributed by atoms with E-state index in [0.717, 1.165) is 0 Å². The summed E-state index contributed by atoms with van der Waals surface area (Å²) >= 11 is 0. The Morgan fingerprint density at radius 2 is 1.80 bits per heavy atom. The maximum absolute atomic E-state index is 3.06. The second-order valence-corrected chi connectivity index (χ2v) is 2.45. The monoisotopic (exact) mass is 133 g/mol. The Balaban J connectivity index is 2.40. The van der Waals surface area contributed by atoms with E-state index in [2.05, 4.69) is 24.3 Å². The summed E-state index contributed by atoms with van der Waals surface area (Å²) in [4.78, 5) is 0. The Bertz CT molecular complexity index is 131. The normalized spacial score (nSPS) is 28.8. The van der Waals surface area contributed by atoms with Crippen molar-refractivity contribution < 1.29 is 0 Å². The summed E-state index contributed by atoms with van der Waals surface area (Å²) in [6.45, 7) is 0. The van der Waals surface area contributed by atoms with Gasteiger partial charge < -0.3 is 0 Å². The number of allylic oxidation sites excluding steroid dienone is 6. The Hall–Kier alpha value is -0.780. The summed E-state index contributed by atoms with van der Waals surface area (Å²) < 4.78 is 0. The van der Waals surface area contributed by atoms with Crippen LogP contribution in [0.5, 0.6) is 0 Å². The van der Waals surface area contributed by atoms with E-state index in [1.54, 1.807) is 0 Å². The van der Waals surface area contributed by atoms with Gasteiger partial charge in [-0.05, 0) is 31.8 Å². The van der Waals surface area contributed by atoms with Crippen LogP contribution in [0.3, 0.4) is 0 Å². The van der Waals surface area contributed by atoms with Gasteiger partial charge in [0.2, 0.25) is 0 Å². The lowest BCUT2D eigenvalue weighted by molar-refractivity contribution is 0.761. The van der Waals surface area contributed by atoms with Crippen molar-refractivity contribution in [2.75, 3.05) is 0 Å². The second kappa shape index (κ2) is 5.04. The van der Waals surface area contributed by atoms with Crippen LogP contribution in [-0.2, 0) is 0 Å². The van der Waals surface area contributed by atoms with E-state index in [1.165, 1.54) is 25.7 Å². The smallest absolute Gasteiger partial charge is 0.0187 e. The van der Waals surface area contributed by atoms with Crippen LogP contribution in [0.15, 0.2) is 30.4 Å². The maximum atomic E-state index is 3.06. The molecule has 1 rings (SSSR count). The Morgan fingerprint density at radius 3 is 2.70 bits per heavy atom. The van der Waals surface area contributed by atoms with Crippen LogP contribution in [-0.4, -0.2) is 0 Å². The molecule has 53 valence electrons. The predicted molar refractivity (Wildman–Crippen MR) is 44.6 cm³/mol. The molecule has 1 aliphatic carbocycles. The van der Waals surface area contributed by atoms with E-state index >= 15 is 0 Å². The summed E-state index contributed by atoms with van der Waals surface area (Å²) in [6.07, 6.45) is 18.5. The third kappa shape index (κ3) is 3.29. The van der Waals surface area contributed by atoms with Crippen LogP contribution < -0.4 is 0 Å². The molecule has 0 saturated heterocycles. The van der Waals surface area contributed by atoms with Gasteiger partial charge in [0.05, 0.1) is 0 Å². The molecule has 0 aromatic heterocycles. The zero-order valence-electron chi connectivity index (χ0n) is 6.22. The molecular weight excluding hydrogens is 120 g/mol.